The lowest BCUT2D eigenvalue weighted by Crippen LogP contribution is -2.32. The van der Waals surface area contributed by atoms with Gasteiger partial charge in [0.1, 0.15) is 11.8 Å². The molecule has 1 atom stereocenters. The third kappa shape index (κ3) is 2.90. The second-order valence-corrected chi connectivity index (χ2v) is 4.59. The Morgan fingerprint density at radius 2 is 2.05 bits per heavy atom. The van der Waals surface area contributed by atoms with Crippen LogP contribution in [-0.2, 0) is 0 Å². The molecular weight excluding hydrogens is 269 g/mol. The summed E-state index contributed by atoms with van der Waals surface area (Å²) in [6.45, 7) is 2.09. The smallest absolute Gasteiger partial charge is 0.410 e. The maximum Gasteiger partial charge on any atom is 0.410 e. The molecule has 0 saturated heterocycles. The number of halogens is 3. The van der Waals surface area contributed by atoms with Crippen molar-refractivity contribution in [3.05, 3.63) is 30.5 Å². The molecule has 0 aliphatic carbocycles. The summed E-state index contributed by atoms with van der Waals surface area (Å²) in [5.41, 5.74) is 5.77. The third-order valence-electron chi connectivity index (χ3n) is 3.10. The van der Waals surface area contributed by atoms with Crippen LogP contribution in [0.15, 0.2) is 30.5 Å². The monoisotopic (exact) mass is 286 g/mol. The fraction of sp³-hybridized carbons (Fsp3) is 0.429. The Morgan fingerprint density at radius 3 is 2.65 bits per heavy atom. The minimum atomic E-state index is -4.36. The van der Waals surface area contributed by atoms with Crippen molar-refractivity contribution >= 4 is 10.9 Å². The van der Waals surface area contributed by atoms with E-state index in [1.54, 1.807) is 24.3 Å². The molecule has 0 spiro atoms. The summed E-state index contributed by atoms with van der Waals surface area (Å²) in [6, 6.07) is 4.99. The minimum Gasteiger partial charge on any atom is -0.494 e. The SMILES string of the molecule is CCCOc1ccc2c(ccn2C(CN)C(F)(F)F)c1. The standard InChI is InChI=1S/C14H17F3N2O/c1-2-7-20-11-3-4-12-10(8-11)5-6-19(12)13(9-18)14(15,16)17/h3-6,8,13H,2,7,9,18H2,1H3. The molecule has 0 bridgehead atoms. The number of rotatable bonds is 5. The van der Waals surface area contributed by atoms with Crippen molar-refractivity contribution in [2.24, 2.45) is 5.73 Å². The summed E-state index contributed by atoms with van der Waals surface area (Å²) >= 11 is 0. The second kappa shape index (κ2) is 5.75. The number of ether oxygens (including phenoxy) is 1. The Labute approximate surface area is 115 Å². The second-order valence-electron chi connectivity index (χ2n) is 4.59. The van der Waals surface area contributed by atoms with E-state index in [-0.39, 0.29) is 0 Å². The number of nitrogens with two attached hydrogens (primary N) is 1. The van der Waals surface area contributed by atoms with Gasteiger partial charge in [0.25, 0.3) is 0 Å². The van der Waals surface area contributed by atoms with Crippen LogP contribution >= 0.6 is 0 Å². The van der Waals surface area contributed by atoms with Gasteiger partial charge in [0.05, 0.1) is 6.61 Å². The van der Waals surface area contributed by atoms with E-state index in [1.807, 2.05) is 6.92 Å². The van der Waals surface area contributed by atoms with E-state index in [0.29, 0.717) is 23.3 Å². The van der Waals surface area contributed by atoms with E-state index in [9.17, 15) is 13.2 Å². The molecule has 3 nitrogen and oxygen atoms in total. The van der Waals surface area contributed by atoms with Gasteiger partial charge in [-0.1, -0.05) is 6.92 Å². The van der Waals surface area contributed by atoms with Crippen LogP contribution in [-0.4, -0.2) is 23.9 Å². The lowest BCUT2D eigenvalue weighted by Gasteiger charge is -2.21. The van der Waals surface area contributed by atoms with E-state index in [1.165, 1.54) is 10.8 Å². The molecule has 1 heterocycles. The lowest BCUT2D eigenvalue weighted by atomic mass is 10.2. The molecule has 0 amide bonds. The average molecular weight is 286 g/mol. The molecule has 110 valence electrons. The average Bonchev–Trinajstić information content (AvgIpc) is 2.79. The van der Waals surface area contributed by atoms with E-state index < -0.39 is 18.8 Å². The van der Waals surface area contributed by atoms with Crippen LogP contribution in [0.25, 0.3) is 10.9 Å². The number of fused-ring (bicyclic) bond motifs is 1. The fourth-order valence-corrected chi connectivity index (χ4v) is 2.13. The van der Waals surface area contributed by atoms with E-state index in [2.05, 4.69) is 0 Å². The largest absolute Gasteiger partial charge is 0.494 e. The van der Waals surface area contributed by atoms with Crippen molar-refractivity contribution in [2.45, 2.75) is 25.6 Å². The molecule has 1 aromatic heterocycles. The molecule has 1 aromatic carbocycles. The Bertz CT molecular complexity index is 577. The van der Waals surface area contributed by atoms with Gasteiger partial charge in [0, 0.05) is 23.6 Å². The molecule has 2 aromatic rings. The predicted octanol–water partition coefficient (Wildman–Crippen LogP) is 3.49. The Balaban J connectivity index is 2.37. The van der Waals surface area contributed by atoms with Gasteiger partial charge in [0.2, 0.25) is 0 Å². The summed E-state index contributed by atoms with van der Waals surface area (Å²) in [4.78, 5) is 0. The van der Waals surface area contributed by atoms with Crippen molar-refractivity contribution in [3.8, 4) is 5.75 Å². The highest BCUT2D eigenvalue weighted by Gasteiger charge is 2.40. The molecule has 0 aliphatic heterocycles. The first-order valence-electron chi connectivity index (χ1n) is 6.47. The summed E-state index contributed by atoms with van der Waals surface area (Å²) in [5.74, 6) is 0.661. The summed E-state index contributed by atoms with van der Waals surface area (Å²) in [7, 11) is 0. The van der Waals surface area contributed by atoms with Gasteiger partial charge in [0.15, 0.2) is 0 Å². The van der Waals surface area contributed by atoms with Crippen molar-refractivity contribution in [2.75, 3.05) is 13.2 Å². The summed E-state index contributed by atoms with van der Waals surface area (Å²) in [5, 5.41) is 0.710. The van der Waals surface area contributed by atoms with Gasteiger partial charge in [-0.2, -0.15) is 13.2 Å². The van der Waals surface area contributed by atoms with Crippen LogP contribution in [0.3, 0.4) is 0 Å². The number of benzene rings is 1. The number of nitrogens with zero attached hydrogens (tertiary/aromatic N) is 1. The van der Waals surface area contributed by atoms with Crippen LogP contribution in [0.1, 0.15) is 19.4 Å². The van der Waals surface area contributed by atoms with E-state index >= 15 is 0 Å². The number of aromatic nitrogens is 1. The highest BCUT2D eigenvalue weighted by atomic mass is 19.4. The zero-order valence-electron chi connectivity index (χ0n) is 11.2. The van der Waals surface area contributed by atoms with Crippen molar-refractivity contribution < 1.29 is 17.9 Å². The fourth-order valence-electron chi connectivity index (χ4n) is 2.13. The molecular formula is C14H17F3N2O. The van der Waals surface area contributed by atoms with Crippen molar-refractivity contribution in [1.82, 2.24) is 4.57 Å². The molecule has 0 aliphatic rings. The Kier molecular flexibility index (Phi) is 4.23. The predicted molar refractivity (Wildman–Crippen MR) is 71.9 cm³/mol. The van der Waals surface area contributed by atoms with Gasteiger partial charge in [-0.05, 0) is 30.7 Å². The first-order chi connectivity index (χ1) is 9.47. The minimum absolute atomic E-state index is 0.485. The molecule has 1 unspecified atom stereocenters. The maximum atomic E-state index is 12.9. The van der Waals surface area contributed by atoms with Crippen LogP contribution in [0.2, 0.25) is 0 Å². The van der Waals surface area contributed by atoms with Gasteiger partial charge < -0.3 is 15.0 Å². The van der Waals surface area contributed by atoms with E-state index in [0.717, 1.165) is 6.42 Å². The van der Waals surface area contributed by atoms with E-state index in [4.69, 9.17) is 10.5 Å². The molecule has 6 heteroatoms. The lowest BCUT2D eigenvalue weighted by molar-refractivity contribution is -0.164. The van der Waals surface area contributed by atoms with Crippen LogP contribution < -0.4 is 10.5 Å². The number of alkyl halides is 3. The highest BCUT2D eigenvalue weighted by Crippen LogP contribution is 2.33. The normalized spacial score (nSPS) is 13.7. The molecule has 20 heavy (non-hydrogen) atoms. The Morgan fingerprint density at radius 1 is 1.30 bits per heavy atom. The van der Waals surface area contributed by atoms with Crippen molar-refractivity contribution in [1.29, 1.82) is 0 Å². The number of hydrogen-bond donors (Lipinski definition) is 1. The third-order valence-corrected chi connectivity index (χ3v) is 3.10. The molecule has 0 fully saturated rings. The Hall–Kier alpha value is -1.69. The maximum absolute atomic E-state index is 12.9. The number of hydrogen-bond acceptors (Lipinski definition) is 2. The van der Waals surface area contributed by atoms with Gasteiger partial charge in [-0.25, -0.2) is 0 Å². The van der Waals surface area contributed by atoms with Crippen molar-refractivity contribution in [3.63, 3.8) is 0 Å². The molecule has 0 saturated carbocycles. The zero-order valence-corrected chi connectivity index (χ0v) is 11.2. The summed E-state index contributed by atoms with van der Waals surface area (Å²) in [6.07, 6.45) is -2.07. The van der Waals surface area contributed by atoms with Crippen LogP contribution in [0.5, 0.6) is 5.75 Å². The van der Waals surface area contributed by atoms with Gasteiger partial charge >= 0.3 is 6.18 Å². The van der Waals surface area contributed by atoms with Crippen LogP contribution in [0, 0.1) is 0 Å². The molecule has 2 N–H and O–H groups in total. The van der Waals surface area contributed by atoms with Gasteiger partial charge in [-0.15, -0.1) is 0 Å². The topological polar surface area (TPSA) is 40.2 Å². The quantitative estimate of drug-likeness (QED) is 0.914. The summed E-state index contributed by atoms with van der Waals surface area (Å²) < 4.78 is 45.4. The van der Waals surface area contributed by atoms with Gasteiger partial charge in [-0.3, -0.25) is 0 Å². The molecule has 2 rings (SSSR count). The first-order valence-corrected chi connectivity index (χ1v) is 6.47. The molecule has 0 radical (unpaired) electrons. The van der Waals surface area contributed by atoms with Crippen LogP contribution in [0.4, 0.5) is 13.2 Å². The zero-order chi connectivity index (χ0) is 14.8. The first kappa shape index (κ1) is 14.7. The highest BCUT2D eigenvalue weighted by molar-refractivity contribution is 5.81.